The molecule has 0 radical (unpaired) electrons. The predicted molar refractivity (Wildman–Crippen MR) is 83.1 cm³/mol. The number of halogens is 1. The highest BCUT2D eigenvalue weighted by atomic mass is 35.5. The molecule has 2 N–H and O–H groups in total. The summed E-state index contributed by atoms with van der Waals surface area (Å²) in [5.41, 5.74) is 6.10. The van der Waals surface area contributed by atoms with Crippen LogP contribution in [-0.2, 0) is 0 Å². The van der Waals surface area contributed by atoms with Gasteiger partial charge in [-0.15, -0.1) is 0 Å². The molecule has 108 valence electrons. The molecule has 2 aromatic rings. The normalized spacial score (nSPS) is 17.2. The number of hydrogen-bond acceptors (Lipinski definition) is 4. The van der Waals surface area contributed by atoms with Gasteiger partial charge in [0.1, 0.15) is 0 Å². The van der Waals surface area contributed by atoms with E-state index >= 15 is 0 Å². The fraction of sp³-hybridized carbons (Fsp3) is 0.188. The average molecular weight is 303 g/mol. The lowest BCUT2D eigenvalue weighted by atomic mass is 9.99. The lowest BCUT2D eigenvalue weighted by molar-refractivity contribution is 0.372. The zero-order valence-corrected chi connectivity index (χ0v) is 12.3. The molecule has 3 rings (SSSR count). The minimum absolute atomic E-state index is 0.0486. The molecule has 1 unspecified atom stereocenters. The minimum Gasteiger partial charge on any atom is -0.504 e. The average Bonchev–Trinajstić information content (AvgIpc) is 2.98. The number of nitrogens with one attached hydrogen (secondary N) is 1. The smallest absolute Gasteiger partial charge is 0.160 e. The summed E-state index contributed by atoms with van der Waals surface area (Å²) in [6.07, 6.45) is 0.757. The van der Waals surface area contributed by atoms with Crippen LogP contribution in [0.5, 0.6) is 11.5 Å². The quantitative estimate of drug-likeness (QED) is 0.912. The molecule has 0 aromatic heterocycles. The summed E-state index contributed by atoms with van der Waals surface area (Å²) in [6.45, 7) is 0. The molecule has 1 aliphatic rings. The van der Waals surface area contributed by atoms with Gasteiger partial charge in [0.25, 0.3) is 0 Å². The fourth-order valence-electron chi connectivity index (χ4n) is 2.38. The number of rotatable bonds is 3. The van der Waals surface area contributed by atoms with Gasteiger partial charge in [-0.05, 0) is 35.4 Å². The van der Waals surface area contributed by atoms with Crippen LogP contribution >= 0.6 is 11.6 Å². The fourth-order valence-corrected chi connectivity index (χ4v) is 2.51. The van der Waals surface area contributed by atoms with Crippen LogP contribution in [0, 0.1) is 0 Å². The van der Waals surface area contributed by atoms with Crippen molar-refractivity contribution in [3.8, 4) is 11.5 Å². The van der Waals surface area contributed by atoms with E-state index in [9.17, 15) is 5.11 Å². The first-order chi connectivity index (χ1) is 10.2. The maximum atomic E-state index is 9.86. The Labute approximate surface area is 128 Å². The Bertz CT molecular complexity index is 683. The van der Waals surface area contributed by atoms with Crippen molar-refractivity contribution >= 4 is 17.3 Å². The van der Waals surface area contributed by atoms with Gasteiger partial charge in [-0.3, -0.25) is 0 Å². The Kier molecular flexibility index (Phi) is 3.71. The van der Waals surface area contributed by atoms with Gasteiger partial charge in [0, 0.05) is 11.4 Å². The first kappa shape index (κ1) is 13.8. The molecular formula is C16H15ClN2O2. The van der Waals surface area contributed by atoms with Gasteiger partial charge in [-0.1, -0.05) is 29.8 Å². The number of nitrogens with zero attached hydrogens (tertiary/aromatic N) is 1. The van der Waals surface area contributed by atoms with Crippen LogP contribution in [0.4, 0.5) is 0 Å². The van der Waals surface area contributed by atoms with Crippen molar-refractivity contribution in [3.63, 3.8) is 0 Å². The minimum atomic E-state index is 0.0486. The van der Waals surface area contributed by atoms with Crippen molar-refractivity contribution in [2.24, 2.45) is 5.10 Å². The van der Waals surface area contributed by atoms with Crippen LogP contribution < -0.4 is 10.2 Å². The number of phenols is 1. The molecule has 2 aromatic carbocycles. The topological polar surface area (TPSA) is 53.8 Å². The highest BCUT2D eigenvalue weighted by Crippen LogP contribution is 2.32. The summed E-state index contributed by atoms with van der Waals surface area (Å²) in [5, 5.41) is 14.9. The van der Waals surface area contributed by atoms with Gasteiger partial charge < -0.3 is 15.3 Å². The van der Waals surface area contributed by atoms with Crippen LogP contribution in [0.1, 0.15) is 23.6 Å². The number of phenolic OH excluding ortho intramolecular Hbond substituents is 1. The van der Waals surface area contributed by atoms with Crippen molar-refractivity contribution in [3.05, 3.63) is 58.6 Å². The zero-order valence-electron chi connectivity index (χ0n) is 11.5. The summed E-state index contributed by atoms with van der Waals surface area (Å²) in [4.78, 5) is 0. The molecule has 1 atom stereocenters. The van der Waals surface area contributed by atoms with Crippen molar-refractivity contribution in [1.29, 1.82) is 0 Å². The Morgan fingerprint density at radius 2 is 2.00 bits per heavy atom. The molecule has 0 saturated heterocycles. The number of hydrogen-bond donors (Lipinski definition) is 2. The van der Waals surface area contributed by atoms with Crippen molar-refractivity contribution in [2.75, 3.05) is 7.11 Å². The van der Waals surface area contributed by atoms with Crippen LogP contribution in [0.2, 0.25) is 5.02 Å². The predicted octanol–water partition coefficient (Wildman–Crippen LogP) is 3.49. The third kappa shape index (κ3) is 2.81. The second-order valence-corrected chi connectivity index (χ2v) is 5.32. The molecule has 21 heavy (non-hydrogen) atoms. The maximum absolute atomic E-state index is 9.86. The summed E-state index contributed by atoms with van der Waals surface area (Å²) in [5.74, 6) is 0.604. The number of ether oxygens (including phenoxy) is 1. The molecule has 5 heteroatoms. The van der Waals surface area contributed by atoms with E-state index in [1.165, 1.54) is 7.11 Å². The zero-order chi connectivity index (χ0) is 14.8. The highest BCUT2D eigenvalue weighted by molar-refractivity contribution is 6.30. The van der Waals surface area contributed by atoms with E-state index in [4.69, 9.17) is 16.3 Å². The number of hydrazone groups is 1. The Hall–Kier alpha value is -2.20. The lowest BCUT2D eigenvalue weighted by Crippen LogP contribution is -2.09. The van der Waals surface area contributed by atoms with E-state index in [0.29, 0.717) is 10.8 Å². The molecule has 4 nitrogen and oxygen atoms in total. The van der Waals surface area contributed by atoms with Crippen LogP contribution in [0.15, 0.2) is 47.6 Å². The number of benzene rings is 2. The first-order valence-electron chi connectivity index (χ1n) is 6.62. The lowest BCUT2D eigenvalue weighted by Gasteiger charge is -2.12. The van der Waals surface area contributed by atoms with Crippen LogP contribution in [0.25, 0.3) is 0 Å². The van der Waals surface area contributed by atoms with Crippen LogP contribution in [0.3, 0.4) is 0 Å². The van der Waals surface area contributed by atoms with E-state index in [1.807, 2.05) is 30.3 Å². The number of methoxy groups -OCH3 is 1. The van der Waals surface area contributed by atoms with Crippen molar-refractivity contribution in [1.82, 2.24) is 5.43 Å². The monoisotopic (exact) mass is 302 g/mol. The molecule has 0 spiro atoms. The van der Waals surface area contributed by atoms with Crippen molar-refractivity contribution in [2.45, 2.75) is 12.5 Å². The first-order valence-corrected chi connectivity index (χ1v) is 7.00. The van der Waals surface area contributed by atoms with Gasteiger partial charge >= 0.3 is 0 Å². The Morgan fingerprint density at radius 3 is 2.67 bits per heavy atom. The standard InChI is InChI=1S/C16H15ClN2O2/c1-21-16-7-4-11(8-15(16)20)14-9-13(18-19-14)10-2-5-12(17)6-3-10/h2-8,14,19-20H,9H2,1H3. The second kappa shape index (κ2) is 5.66. The number of aromatic hydroxyl groups is 1. The van der Waals surface area contributed by atoms with Gasteiger partial charge in [0.15, 0.2) is 11.5 Å². The maximum Gasteiger partial charge on any atom is 0.160 e. The highest BCUT2D eigenvalue weighted by Gasteiger charge is 2.22. The van der Waals surface area contributed by atoms with Gasteiger partial charge in [-0.25, -0.2) is 0 Å². The molecular weight excluding hydrogens is 288 g/mol. The largest absolute Gasteiger partial charge is 0.504 e. The summed E-state index contributed by atoms with van der Waals surface area (Å²) < 4.78 is 5.05. The molecule has 1 aliphatic heterocycles. The van der Waals surface area contributed by atoms with Gasteiger partial charge in [0.05, 0.1) is 18.9 Å². The summed E-state index contributed by atoms with van der Waals surface area (Å²) in [7, 11) is 1.53. The molecule has 0 aliphatic carbocycles. The Morgan fingerprint density at radius 1 is 1.24 bits per heavy atom. The molecule has 0 fully saturated rings. The second-order valence-electron chi connectivity index (χ2n) is 4.88. The van der Waals surface area contributed by atoms with Crippen LogP contribution in [-0.4, -0.2) is 17.9 Å². The molecule has 1 heterocycles. The van der Waals surface area contributed by atoms with Gasteiger partial charge in [0.2, 0.25) is 0 Å². The van der Waals surface area contributed by atoms with E-state index < -0.39 is 0 Å². The van der Waals surface area contributed by atoms with Gasteiger partial charge in [-0.2, -0.15) is 5.10 Å². The molecule has 0 saturated carbocycles. The third-order valence-electron chi connectivity index (χ3n) is 3.54. The Balaban J connectivity index is 1.76. The third-order valence-corrected chi connectivity index (χ3v) is 3.79. The molecule has 0 bridgehead atoms. The SMILES string of the molecule is COc1ccc(C2CC(c3ccc(Cl)cc3)=NN2)cc1O. The van der Waals surface area contributed by atoms with E-state index in [2.05, 4.69) is 10.5 Å². The summed E-state index contributed by atoms with van der Waals surface area (Å²) in [6, 6.07) is 13.1. The van der Waals surface area contributed by atoms with E-state index in [0.717, 1.165) is 23.3 Å². The van der Waals surface area contributed by atoms with E-state index in [-0.39, 0.29) is 11.8 Å². The van der Waals surface area contributed by atoms with E-state index in [1.54, 1.807) is 12.1 Å². The molecule has 0 amide bonds. The van der Waals surface area contributed by atoms with Crippen molar-refractivity contribution < 1.29 is 9.84 Å². The summed E-state index contributed by atoms with van der Waals surface area (Å²) >= 11 is 5.89.